The van der Waals surface area contributed by atoms with Gasteiger partial charge in [-0.25, -0.2) is 15.0 Å². The number of nitrogens with zero attached hydrogens (tertiary/aromatic N) is 4. The summed E-state index contributed by atoms with van der Waals surface area (Å²) < 4.78 is 5.02. The van der Waals surface area contributed by atoms with E-state index in [4.69, 9.17) is 21.4 Å². The fourth-order valence-electron chi connectivity index (χ4n) is 7.52. The van der Waals surface area contributed by atoms with Gasteiger partial charge in [0.05, 0.1) is 16.6 Å². The second kappa shape index (κ2) is 11.5. The number of para-hydroxylation sites is 2. The third-order valence-electron chi connectivity index (χ3n) is 9.78. The number of allylic oxidation sites excluding steroid dienone is 4. The van der Waals surface area contributed by atoms with E-state index >= 15 is 0 Å². The van der Waals surface area contributed by atoms with Crippen LogP contribution in [-0.2, 0) is 0 Å². The van der Waals surface area contributed by atoms with Gasteiger partial charge in [-0.05, 0) is 60.5 Å². The van der Waals surface area contributed by atoms with E-state index in [2.05, 4.69) is 107 Å². The third kappa shape index (κ3) is 4.58. The average Bonchev–Trinajstić information content (AvgIpc) is 3.83. The number of benzene rings is 6. The van der Waals surface area contributed by atoms with Gasteiger partial charge in [-0.3, -0.25) is 0 Å². The van der Waals surface area contributed by atoms with Gasteiger partial charge in [0.1, 0.15) is 0 Å². The van der Waals surface area contributed by atoms with Crippen LogP contribution in [0.1, 0.15) is 12.7 Å². The van der Waals surface area contributed by atoms with Crippen LogP contribution in [-0.4, -0.2) is 19.4 Å². The van der Waals surface area contributed by atoms with E-state index in [1.54, 1.807) is 6.08 Å². The second-order valence-electron chi connectivity index (χ2n) is 12.8. The number of thiophene rings is 1. The largest absolute Gasteiger partial charge is 0.308 e. The van der Waals surface area contributed by atoms with Crippen LogP contribution in [0.3, 0.4) is 0 Å². The molecular weight excluding hydrogens is 641 g/mol. The van der Waals surface area contributed by atoms with Crippen molar-refractivity contribution >= 4 is 75.2 Å². The highest BCUT2D eigenvalue weighted by atomic mass is 32.1. The first kappa shape index (κ1) is 29.3. The zero-order chi connectivity index (χ0) is 34.1. The molecule has 51 heavy (non-hydrogen) atoms. The topological polar surface area (TPSA) is 43.1 Å². The lowest BCUT2D eigenvalue weighted by Crippen LogP contribution is -2.02. The molecule has 4 heterocycles. The lowest BCUT2D eigenvalue weighted by molar-refractivity contribution is 1.04. The Balaban J connectivity index is 1.12. The Morgan fingerprint density at radius 3 is 2.12 bits per heavy atom. The predicted molar refractivity (Wildman–Crippen MR) is 215 cm³/mol. The van der Waals surface area contributed by atoms with Gasteiger partial charge in [0.15, 0.2) is 17.5 Å². The van der Waals surface area contributed by atoms with Crippen molar-refractivity contribution < 1.29 is 0 Å². The van der Waals surface area contributed by atoms with Gasteiger partial charge in [0.25, 0.3) is 0 Å². The standard InChI is InChI=1S/C46H28N4S/c1-3-12-28(13-4-2)44-47-45(29-14-6-5-7-15-29)49-46(48-44)32-17-10-16-30(24-32)31-22-23-41-37(25-31)38-26-36-35-20-11-19-34-33-18-8-9-21-39(33)50(43(34)35)40(36)27-42(38)51-41/h1,4-27H,2H3/b13-4-,28-12+. The van der Waals surface area contributed by atoms with Crippen molar-refractivity contribution in [2.24, 2.45) is 0 Å². The molecule has 0 atom stereocenters. The second-order valence-corrected chi connectivity index (χ2v) is 13.8. The SMILES string of the molecule is C#C/C=C(\C=C/C)c1nc(-c2ccccc2)nc(-c2cccc(-c3ccc4sc5cc6c(cc5c4c3)c3cccc4c5ccccc5n6c43)c2)n1. The lowest BCUT2D eigenvalue weighted by Gasteiger charge is -2.10. The van der Waals surface area contributed by atoms with Crippen LogP contribution in [0.4, 0.5) is 0 Å². The highest BCUT2D eigenvalue weighted by Crippen LogP contribution is 2.44. The molecule has 4 aromatic heterocycles. The van der Waals surface area contributed by atoms with E-state index in [1.165, 1.54) is 58.3 Å². The molecule has 0 aliphatic rings. The number of terminal acetylenes is 1. The number of hydrogen-bond acceptors (Lipinski definition) is 4. The quantitative estimate of drug-likeness (QED) is 0.135. The Morgan fingerprint density at radius 2 is 1.27 bits per heavy atom. The van der Waals surface area contributed by atoms with E-state index < -0.39 is 0 Å². The summed E-state index contributed by atoms with van der Waals surface area (Å²) in [5.74, 6) is 4.37. The number of aromatic nitrogens is 4. The van der Waals surface area contributed by atoms with E-state index in [9.17, 15) is 0 Å². The van der Waals surface area contributed by atoms with Crippen molar-refractivity contribution in [3.8, 4) is 46.2 Å². The Kier molecular flexibility index (Phi) is 6.60. The first-order valence-corrected chi connectivity index (χ1v) is 17.7. The van der Waals surface area contributed by atoms with E-state index in [0.29, 0.717) is 17.5 Å². The molecule has 0 radical (unpaired) electrons. The monoisotopic (exact) mass is 668 g/mol. The van der Waals surface area contributed by atoms with Crippen LogP contribution >= 0.6 is 11.3 Å². The summed E-state index contributed by atoms with van der Waals surface area (Å²) in [6.45, 7) is 1.95. The van der Waals surface area contributed by atoms with Crippen molar-refractivity contribution in [1.82, 2.24) is 19.4 Å². The van der Waals surface area contributed by atoms with Crippen LogP contribution in [0.15, 0.2) is 146 Å². The lowest BCUT2D eigenvalue weighted by atomic mass is 10.00. The van der Waals surface area contributed by atoms with Crippen molar-refractivity contribution in [1.29, 1.82) is 0 Å². The van der Waals surface area contributed by atoms with Crippen LogP contribution < -0.4 is 0 Å². The first-order chi connectivity index (χ1) is 25.2. The summed E-state index contributed by atoms with van der Waals surface area (Å²) in [6.07, 6.45) is 11.3. The highest BCUT2D eigenvalue weighted by molar-refractivity contribution is 7.25. The minimum Gasteiger partial charge on any atom is -0.308 e. The zero-order valence-corrected chi connectivity index (χ0v) is 28.4. The van der Waals surface area contributed by atoms with Crippen LogP contribution in [0.5, 0.6) is 0 Å². The van der Waals surface area contributed by atoms with Crippen molar-refractivity contribution in [3.63, 3.8) is 0 Å². The Hall–Kier alpha value is -6.61. The smallest absolute Gasteiger partial charge is 0.164 e. The Bertz CT molecular complexity index is 3100. The van der Waals surface area contributed by atoms with Crippen molar-refractivity contribution in [2.45, 2.75) is 6.92 Å². The first-order valence-electron chi connectivity index (χ1n) is 16.9. The maximum absolute atomic E-state index is 5.69. The summed E-state index contributed by atoms with van der Waals surface area (Å²) in [5, 5.41) is 7.74. The molecule has 0 unspecified atom stereocenters. The van der Waals surface area contributed by atoms with Gasteiger partial charge >= 0.3 is 0 Å². The minimum atomic E-state index is 0.536. The van der Waals surface area contributed by atoms with Gasteiger partial charge < -0.3 is 4.40 Å². The molecule has 0 aliphatic carbocycles. The summed E-state index contributed by atoms with van der Waals surface area (Å²) in [5.41, 5.74) is 8.64. The van der Waals surface area contributed by atoms with Crippen LogP contribution in [0.25, 0.3) is 97.7 Å². The van der Waals surface area contributed by atoms with Crippen LogP contribution in [0, 0.1) is 12.3 Å². The highest BCUT2D eigenvalue weighted by Gasteiger charge is 2.19. The summed E-state index contributed by atoms with van der Waals surface area (Å²) >= 11 is 1.85. The number of hydrogen-bond donors (Lipinski definition) is 0. The van der Waals surface area contributed by atoms with Gasteiger partial charge in [-0.1, -0.05) is 109 Å². The van der Waals surface area contributed by atoms with Gasteiger partial charge in [0, 0.05) is 58.4 Å². The van der Waals surface area contributed by atoms with E-state index in [1.807, 2.05) is 60.7 Å². The summed E-state index contributed by atoms with van der Waals surface area (Å²) in [6, 6.07) is 45.5. The average molecular weight is 669 g/mol. The van der Waals surface area contributed by atoms with Gasteiger partial charge in [-0.15, -0.1) is 17.8 Å². The molecule has 0 aliphatic heterocycles. The summed E-state index contributed by atoms with van der Waals surface area (Å²) in [7, 11) is 0. The maximum atomic E-state index is 5.69. The third-order valence-corrected chi connectivity index (χ3v) is 10.9. The molecule has 0 saturated heterocycles. The molecule has 0 amide bonds. The molecule has 0 fully saturated rings. The fourth-order valence-corrected chi connectivity index (χ4v) is 8.62. The molecule has 0 spiro atoms. The van der Waals surface area contributed by atoms with E-state index in [0.717, 1.165) is 27.8 Å². The minimum absolute atomic E-state index is 0.536. The van der Waals surface area contributed by atoms with E-state index in [-0.39, 0.29) is 0 Å². The number of fused-ring (bicyclic) bond motifs is 9. The zero-order valence-electron chi connectivity index (χ0n) is 27.6. The van der Waals surface area contributed by atoms with Gasteiger partial charge in [-0.2, -0.15) is 0 Å². The molecule has 10 aromatic rings. The molecule has 0 bridgehead atoms. The van der Waals surface area contributed by atoms with Crippen LogP contribution in [0.2, 0.25) is 0 Å². The molecular formula is C46H28N4S. The maximum Gasteiger partial charge on any atom is 0.164 e. The molecule has 0 saturated carbocycles. The van der Waals surface area contributed by atoms with Crippen molar-refractivity contribution in [2.75, 3.05) is 0 Å². The molecule has 5 heteroatoms. The Labute approximate surface area is 298 Å². The normalized spacial score (nSPS) is 12.4. The fraction of sp³-hybridized carbons (Fsp3) is 0.0217. The predicted octanol–water partition coefficient (Wildman–Crippen LogP) is 12.0. The summed E-state index contributed by atoms with van der Waals surface area (Å²) in [4.78, 5) is 14.7. The number of rotatable bonds is 5. The molecule has 4 nitrogen and oxygen atoms in total. The molecule has 238 valence electrons. The molecule has 10 rings (SSSR count). The molecule has 6 aromatic carbocycles. The van der Waals surface area contributed by atoms with Gasteiger partial charge in [0.2, 0.25) is 0 Å². The Morgan fingerprint density at radius 1 is 0.588 bits per heavy atom. The van der Waals surface area contributed by atoms with Crippen molar-refractivity contribution in [3.05, 3.63) is 151 Å². The molecule has 0 N–H and O–H groups in total.